The highest BCUT2D eigenvalue weighted by molar-refractivity contribution is 7.09. The highest BCUT2D eigenvalue weighted by Crippen LogP contribution is 2.54. The third-order valence-electron chi connectivity index (χ3n) is 10.6. The summed E-state index contributed by atoms with van der Waals surface area (Å²) in [6.07, 6.45) is 4.52. The molecule has 0 nitrogen and oxygen atoms in total. The summed E-state index contributed by atoms with van der Waals surface area (Å²) in [5.41, 5.74) is 18.3. The van der Waals surface area contributed by atoms with Crippen molar-refractivity contribution in [3.8, 4) is 22.3 Å². The van der Waals surface area contributed by atoms with E-state index in [1.807, 2.05) is 0 Å². The van der Waals surface area contributed by atoms with E-state index < -0.39 is 8.07 Å². The normalized spacial score (nSPS) is 14.8. The molecule has 0 atom stereocenters. The van der Waals surface area contributed by atoms with Crippen LogP contribution in [-0.4, -0.2) is 8.07 Å². The molecule has 0 saturated heterocycles. The highest BCUT2D eigenvalue weighted by Gasteiger charge is 2.44. The first-order chi connectivity index (χ1) is 22.4. The molecular weight excluding hydrogens is 581 g/mol. The number of hydrogen-bond donors (Lipinski definition) is 0. The minimum absolute atomic E-state index is 0.474. The van der Waals surface area contributed by atoms with Gasteiger partial charge in [-0.05, 0) is 115 Å². The molecule has 0 fully saturated rings. The molecule has 0 saturated carbocycles. The number of hydrogen-bond acceptors (Lipinski definition) is 0. The fourth-order valence-electron chi connectivity index (χ4n) is 8.98. The molecule has 0 heterocycles. The Morgan fingerprint density at radius 1 is 0.468 bits per heavy atom. The van der Waals surface area contributed by atoms with Crippen molar-refractivity contribution in [3.63, 3.8) is 0 Å². The molecule has 0 N–H and O–H groups in total. The summed E-state index contributed by atoms with van der Waals surface area (Å²) in [6.45, 7) is 24.4. The van der Waals surface area contributed by atoms with Crippen LogP contribution in [0, 0.1) is 11.8 Å². The predicted molar refractivity (Wildman–Crippen MR) is 210 cm³/mol. The topological polar surface area (TPSA) is 0 Å². The summed E-state index contributed by atoms with van der Waals surface area (Å²) in [5.74, 6) is 2.20. The molecule has 0 spiro atoms. The van der Waals surface area contributed by atoms with Crippen LogP contribution in [0.1, 0.15) is 113 Å². The van der Waals surface area contributed by atoms with Crippen molar-refractivity contribution in [3.05, 3.63) is 129 Å². The maximum Gasteiger partial charge on any atom is 0.113 e. The zero-order valence-electron chi connectivity index (χ0n) is 30.7. The van der Waals surface area contributed by atoms with Gasteiger partial charge in [-0.1, -0.05) is 165 Å². The maximum atomic E-state index is 2.71. The molecule has 0 amide bonds. The smallest absolute Gasteiger partial charge is 0.0653 e. The molecular formula is C46H56Si. The Balaban J connectivity index is 1.65. The van der Waals surface area contributed by atoms with Gasteiger partial charge in [0, 0.05) is 0 Å². The minimum Gasteiger partial charge on any atom is -0.0653 e. The van der Waals surface area contributed by atoms with Crippen LogP contribution < -0.4 is 0 Å². The molecule has 0 radical (unpaired) electrons. The van der Waals surface area contributed by atoms with Gasteiger partial charge in [-0.25, -0.2) is 0 Å². The number of fused-ring (bicyclic) bond motifs is 2. The van der Waals surface area contributed by atoms with Gasteiger partial charge < -0.3 is 0 Å². The monoisotopic (exact) mass is 636 g/mol. The Bertz CT molecular complexity index is 1720. The van der Waals surface area contributed by atoms with Crippen molar-refractivity contribution in [2.24, 2.45) is 11.8 Å². The lowest BCUT2D eigenvalue weighted by atomic mass is 9.89. The predicted octanol–water partition coefficient (Wildman–Crippen LogP) is 13.5. The van der Waals surface area contributed by atoms with Gasteiger partial charge in [-0.3, -0.25) is 0 Å². The summed E-state index contributed by atoms with van der Waals surface area (Å²) in [4.78, 5) is 0. The van der Waals surface area contributed by atoms with Gasteiger partial charge in [0.15, 0.2) is 0 Å². The minimum atomic E-state index is -2.26. The SMILES string of the molecule is CC(C)CC1=C([Si](C)(C)C2=C(CC(C)C)Cc3cccc(-c4ccccc4C(C)C)c32)c2c(cccc2-c2ccccc2C(C)C)C1. The quantitative estimate of drug-likeness (QED) is 0.152. The van der Waals surface area contributed by atoms with E-state index in [0.29, 0.717) is 23.7 Å². The van der Waals surface area contributed by atoms with Crippen molar-refractivity contribution >= 4 is 18.5 Å². The van der Waals surface area contributed by atoms with Crippen molar-refractivity contribution < 1.29 is 0 Å². The van der Waals surface area contributed by atoms with E-state index in [-0.39, 0.29) is 0 Å². The summed E-state index contributed by atoms with van der Waals surface area (Å²) >= 11 is 0. The van der Waals surface area contributed by atoms with Crippen LogP contribution in [0.25, 0.3) is 32.6 Å². The van der Waals surface area contributed by atoms with Crippen LogP contribution in [0.3, 0.4) is 0 Å². The highest BCUT2D eigenvalue weighted by atomic mass is 28.3. The fourth-order valence-corrected chi connectivity index (χ4v) is 13.2. The molecule has 1 heteroatoms. The van der Waals surface area contributed by atoms with E-state index in [0.717, 1.165) is 12.8 Å². The zero-order valence-corrected chi connectivity index (χ0v) is 31.7. The summed E-state index contributed by atoms with van der Waals surface area (Å²) in [7, 11) is -2.26. The Kier molecular flexibility index (Phi) is 9.43. The summed E-state index contributed by atoms with van der Waals surface area (Å²) in [6, 6.07) is 32.8. The second kappa shape index (κ2) is 13.2. The van der Waals surface area contributed by atoms with Gasteiger partial charge in [0.05, 0.1) is 0 Å². The standard InChI is InChI=1S/C46H56Si/c1-29(2)25-35-27-33-17-15-23-41(39-21-13-11-19-37(39)31(5)6)43(33)45(35)47(9,10)46-36(26-30(3)4)28-34-18-16-24-42(44(34)46)40-22-14-12-20-38(40)32(7)8/h11-24,29-32H,25-28H2,1-10H3. The molecule has 0 bridgehead atoms. The first-order valence-corrected chi connectivity index (χ1v) is 21.3. The largest absolute Gasteiger partial charge is 0.113 e. The molecule has 2 aliphatic carbocycles. The molecule has 2 aliphatic rings. The second-order valence-electron chi connectivity index (χ2n) is 16.3. The van der Waals surface area contributed by atoms with Gasteiger partial charge in [0.2, 0.25) is 0 Å². The molecule has 244 valence electrons. The average Bonchev–Trinajstić information content (AvgIpc) is 3.58. The van der Waals surface area contributed by atoms with Crippen molar-refractivity contribution in [2.75, 3.05) is 0 Å². The third kappa shape index (κ3) is 6.17. The van der Waals surface area contributed by atoms with Gasteiger partial charge in [-0.2, -0.15) is 0 Å². The van der Waals surface area contributed by atoms with Gasteiger partial charge >= 0.3 is 0 Å². The van der Waals surface area contributed by atoms with Crippen molar-refractivity contribution in [1.82, 2.24) is 0 Å². The van der Waals surface area contributed by atoms with Gasteiger partial charge in [-0.15, -0.1) is 0 Å². The first-order valence-electron chi connectivity index (χ1n) is 18.3. The van der Waals surface area contributed by atoms with E-state index in [1.54, 1.807) is 32.7 Å². The lowest BCUT2D eigenvalue weighted by Crippen LogP contribution is -2.32. The van der Waals surface area contributed by atoms with Crippen LogP contribution >= 0.6 is 0 Å². The Morgan fingerprint density at radius 2 is 0.830 bits per heavy atom. The van der Waals surface area contributed by atoms with E-state index in [2.05, 4.69) is 153 Å². The number of rotatable bonds is 10. The fraction of sp³-hybridized carbons (Fsp3) is 0.391. The van der Waals surface area contributed by atoms with E-state index in [4.69, 9.17) is 0 Å². The van der Waals surface area contributed by atoms with Crippen LogP contribution in [-0.2, 0) is 12.8 Å². The molecule has 0 aromatic heterocycles. The summed E-state index contributed by atoms with van der Waals surface area (Å²) < 4.78 is 0. The Hall–Kier alpha value is -3.42. The molecule has 0 aliphatic heterocycles. The number of allylic oxidation sites excluding steroid dienone is 2. The van der Waals surface area contributed by atoms with Crippen molar-refractivity contribution in [2.45, 2.75) is 106 Å². The molecule has 6 rings (SSSR count). The first kappa shape index (κ1) is 33.5. The van der Waals surface area contributed by atoms with Crippen LogP contribution in [0.5, 0.6) is 0 Å². The van der Waals surface area contributed by atoms with E-state index >= 15 is 0 Å². The Morgan fingerprint density at radius 3 is 1.19 bits per heavy atom. The maximum absolute atomic E-state index is 2.71. The molecule has 4 aromatic carbocycles. The lowest BCUT2D eigenvalue weighted by Gasteiger charge is -2.34. The van der Waals surface area contributed by atoms with E-state index in [1.165, 1.54) is 57.3 Å². The van der Waals surface area contributed by atoms with Crippen LogP contribution in [0.4, 0.5) is 0 Å². The van der Waals surface area contributed by atoms with Gasteiger partial charge in [0.1, 0.15) is 8.07 Å². The molecule has 47 heavy (non-hydrogen) atoms. The third-order valence-corrected chi connectivity index (χ3v) is 14.3. The zero-order chi connectivity index (χ0) is 33.6. The van der Waals surface area contributed by atoms with Crippen LogP contribution in [0.2, 0.25) is 13.1 Å². The average molecular weight is 637 g/mol. The number of benzene rings is 4. The molecule has 0 unspecified atom stereocenters. The second-order valence-corrected chi connectivity index (χ2v) is 20.5. The van der Waals surface area contributed by atoms with Crippen molar-refractivity contribution in [1.29, 1.82) is 0 Å². The lowest BCUT2D eigenvalue weighted by molar-refractivity contribution is 0.637. The molecule has 4 aromatic rings. The van der Waals surface area contributed by atoms with Gasteiger partial charge in [0.25, 0.3) is 0 Å². The van der Waals surface area contributed by atoms with Crippen LogP contribution in [0.15, 0.2) is 96.1 Å². The summed E-state index contributed by atoms with van der Waals surface area (Å²) in [5, 5.41) is 3.46. The van der Waals surface area contributed by atoms with E-state index in [9.17, 15) is 0 Å². The Labute approximate surface area is 287 Å².